The van der Waals surface area contributed by atoms with E-state index in [-0.39, 0.29) is 64.5 Å². The highest BCUT2D eigenvalue weighted by molar-refractivity contribution is 6.15. The smallest absolute Gasteiger partial charge is 0.336 e. The van der Waals surface area contributed by atoms with Crippen molar-refractivity contribution in [2.45, 2.75) is 85.7 Å². The van der Waals surface area contributed by atoms with Crippen LogP contribution >= 0.6 is 0 Å². The van der Waals surface area contributed by atoms with Gasteiger partial charge in [0.05, 0.1) is 24.8 Å². The molecule has 2 fully saturated rings. The number of hydrogen-bond donors (Lipinski definition) is 10. The molecule has 1 unspecified atom stereocenters. The van der Waals surface area contributed by atoms with Crippen LogP contribution in [0, 0.1) is 5.92 Å². The van der Waals surface area contributed by atoms with Crippen molar-refractivity contribution in [3.05, 3.63) is 137 Å². The van der Waals surface area contributed by atoms with Crippen LogP contribution in [0.1, 0.15) is 54.0 Å². The van der Waals surface area contributed by atoms with Gasteiger partial charge < -0.3 is 69.6 Å². The van der Waals surface area contributed by atoms with Gasteiger partial charge in [0.15, 0.2) is 41.1 Å². The molecule has 1 saturated carbocycles. The minimum absolute atomic E-state index is 0.0229. The largest absolute Gasteiger partial charge is 0.508 e. The van der Waals surface area contributed by atoms with Crippen LogP contribution in [0.4, 0.5) is 0 Å². The van der Waals surface area contributed by atoms with Gasteiger partial charge in [0.2, 0.25) is 12.0 Å². The summed E-state index contributed by atoms with van der Waals surface area (Å²) in [6.45, 7) is -0.578. The zero-order chi connectivity index (χ0) is 49.8. The summed E-state index contributed by atoms with van der Waals surface area (Å²) in [6.07, 6.45) is -0.926. The number of fused-ring (bicyclic) bond motifs is 3. The first kappa shape index (κ1) is 47.3. The summed E-state index contributed by atoms with van der Waals surface area (Å²) in [5, 5.41) is 110. The van der Waals surface area contributed by atoms with Gasteiger partial charge in [0.1, 0.15) is 58.3 Å². The normalized spacial score (nSPS) is 27.9. The molecule has 368 valence electrons. The van der Waals surface area contributed by atoms with Gasteiger partial charge in [-0.2, -0.15) is 0 Å². The molecule has 0 radical (unpaired) electrons. The molecule has 4 aromatic rings. The Kier molecular flexibility index (Phi) is 12.3. The van der Waals surface area contributed by atoms with Crippen LogP contribution in [0.25, 0.3) is 5.76 Å². The second kappa shape index (κ2) is 18.4. The summed E-state index contributed by atoms with van der Waals surface area (Å²) in [4.78, 5) is 25.8. The van der Waals surface area contributed by atoms with Gasteiger partial charge in [-0.15, -0.1) is 0 Å². The third kappa shape index (κ3) is 8.39. The number of carbonyl (C=O) groups is 1. The molecule has 71 heavy (non-hydrogen) atoms. The van der Waals surface area contributed by atoms with E-state index in [1.54, 1.807) is 48.5 Å². The van der Waals surface area contributed by atoms with Crippen molar-refractivity contribution in [1.29, 1.82) is 0 Å². The lowest BCUT2D eigenvalue weighted by atomic mass is 9.60. The monoisotopic (exact) mass is 971 g/mol. The number of ether oxygens (including phenoxy) is 5. The number of carboxylic acids is 1. The first-order valence-corrected chi connectivity index (χ1v) is 23.0. The van der Waals surface area contributed by atoms with Crippen LogP contribution in [0.5, 0.6) is 34.5 Å². The van der Waals surface area contributed by atoms with Gasteiger partial charge in [0.25, 0.3) is 0 Å². The predicted molar refractivity (Wildman–Crippen MR) is 254 cm³/mol. The molecule has 19 heteroatoms. The molecule has 0 aromatic heterocycles. The summed E-state index contributed by atoms with van der Waals surface area (Å²) in [7, 11) is 0. The van der Waals surface area contributed by atoms with Crippen molar-refractivity contribution in [2.75, 3.05) is 13.2 Å². The molecular weight excluding hydrogens is 921 g/mol. The number of phenolic OH excluding ortho intramolecular Hbond substituents is 2. The zero-order valence-electron chi connectivity index (χ0n) is 37.9. The van der Waals surface area contributed by atoms with Crippen molar-refractivity contribution in [3.63, 3.8) is 0 Å². The van der Waals surface area contributed by atoms with Gasteiger partial charge in [-0.25, -0.2) is 9.79 Å². The predicted octanol–water partition coefficient (Wildman–Crippen LogP) is 2.54. The van der Waals surface area contributed by atoms with E-state index in [2.05, 4.69) is 15.0 Å². The average molecular weight is 972 g/mol. The van der Waals surface area contributed by atoms with Crippen LogP contribution in [0.2, 0.25) is 0 Å². The van der Waals surface area contributed by atoms with Gasteiger partial charge in [-0.05, 0) is 90.2 Å². The highest BCUT2D eigenvalue weighted by atomic mass is 16.7. The Hall–Kier alpha value is -7.39. The van der Waals surface area contributed by atoms with Crippen LogP contribution < -0.4 is 24.4 Å². The van der Waals surface area contributed by atoms with Crippen molar-refractivity contribution < 1.29 is 79.8 Å². The molecule has 10 rings (SSSR count). The average Bonchev–Trinajstić information content (AvgIpc) is 4.16. The molecule has 4 aliphatic heterocycles. The number of aliphatic hydroxyl groups is 6. The zero-order valence-corrected chi connectivity index (χ0v) is 37.9. The maximum Gasteiger partial charge on any atom is 0.336 e. The SMILES string of the molecule is [NH2+]=C1C=CC([C@@H](O)[C@H](CO)Oc2ccc(C3C=C(O)c4c(cc(O[C@@H]5O[C@H](C(=O)O)[C@]6(O)[C@H](C7=NC=NC7)C(Cc7ccccc7)=C[C@@]5(O)[C@@H]6O)c(OC5(c6cccc(O)c6)CCCC5)c4O)O3)cc2)=N1. The number of amidine groups is 1. The van der Waals surface area contributed by atoms with Gasteiger partial charge in [0, 0.05) is 18.2 Å². The quantitative estimate of drug-likeness (QED) is 0.0766. The summed E-state index contributed by atoms with van der Waals surface area (Å²) in [5.41, 5.74) is -4.31. The topological polar surface area (TPSA) is 308 Å². The Morgan fingerprint density at radius 3 is 2.38 bits per heavy atom. The van der Waals surface area contributed by atoms with Crippen molar-refractivity contribution >= 4 is 35.3 Å². The number of hydrogen-bond acceptors (Lipinski definition) is 16. The van der Waals surface area contributed by atoms with Gasteiger partial charge in [-0.1, -0.05) is 60.2 Å². The molecule has 6 aliphatic rings. The second-order valence-electron chi connectivity index (χ2n) is 18.4. The van der Waals surface area contributed by atoms with Crippen LogP contribution in [-0.2, 0) is 21.6 Å². The molecule has 2 aliphatic carbocycles. The van der Waals surface area contributed by atoms with Crippen molar-refractivity contribution in [1.82, 2.24) is 0 Å². The van der Waals surface area contributed by atoms with E-state index in [9.17, 15) is 50.8 Å². The Bertz CT molecular complexity index is 2950. The number of nitrogens with two attached hydrogens (primary N) is 1. The van der Waals surface area contributed by atoms with E-state index >= 15 is 0 Å². The highest BCUT2D eigenvalue weighted by Crippen LogP contribution is 2.56. The number of aliphatic imine (C=N–C) groups is 3. The van der Waals surface area contributed by atoms with Crippen LogP contribution in [-0.4, -0.2) is 131 Å². The first-order valence-electron chi connectivity index (χ1n) is 23.0. The first-order chi connectivity index (χ1) is 34.1. The molecule has 0 spiro atoms. The molecule has 4 aromatic carbocycles. The van der Waals surface area contributed by atoms with Crippen molar-refractivity contribution in [2.24, 2.45) is 20.9 Å². The molecule has 11 N–H and O–H groups in total. The van der Waals surface area contributed by atoms with E-state index in [0.717, 1.165) is 5.56 Å². The summed E-state index contributed by atoms with van der Waals surface area (Å²) < 4.78 is 31.7. The van der Waals surface area contributed by atoms with Gasteiger partial charge >= 0.3 is 11.8 Å². The third-order valence-corrected chi connectivity index (χ3v) is 13.9. The van der Waals surface area contributed by atoms with E-state index < -0.39 is 83.6 Å². The van der Waals surface area contributed by atoms with E-state index in [1.807, 2.05) is 18.2 Å². The fourth-order valence-electron chi connectivity index (χ4n) is 10.5. The Labute approximate surface area is 405 Å². The van der Waals surface area contributed by atoms with Crippen LogP contribution in [0.15, 0.2) is 130 Å². The Morgan fingerprint density at radius 1 is 0.958 bits per heavy atom. The van der Waals surface area contributed by atoms with Crippen molar-refractivity contribution in [3.8, 4) is 34.5 Å². The number of aromatic hydroxyl groups is 2. The molecule has 4 heterocycles. The molecule has 0 amide bonds. The molecule has 2 bridgehead atoms. The summed E-state index contributed by atoms with van der Waals surface area (Å²) >= 11 is 0. The molecular formula is C52H51N4O15+. The summed E-state index contributed by atoms with van der Waals surface area (Å²) in [6, 6.07) is 23.0. The number of aliphatic carboxylic acids is 1. The van der Waals surface area contributed by atoms with E-state index in [1.165, 1.54) is 48.8 Å². The molecule has 9 atom stereocenters. The Morgan fingerprint density at radius 2 is 1.72 bits per heavy atom. The maximum absolute atomic E-state index is 13.3. The van der Waals surface area contributed by atoms with Gasteiger partial charge in [-0.3, -0.25) is 10.4 Å². The Balaban J connectivity index is 1.05. The van der Waals surface area contributed by atoms with E-state index in [4.69, 9.17) is 29.1 Å². The third-order valence-electron chi connectivity index (χ3n) is 13.9. The number of benzene rings is 4. The number of rotatable bonds is 15. The second-order valence-corrected chi connectivity index (χ2v) is 18.4. The molecule has 19 nitrogen and oxygen atoms in total. The minimum Gasteiger partial charge on any atom is -0.508 e. The fourth-order valence-corrected chi connectivity index (χ4v) is 10.5. The lowest BCUT2D eigenvalue weighted by Gasteiger charge is -2.57. The number of nitrogens with zero attached hydrogens (tertiary/aromatic N) is 3. The minimum atomic E-state index is -2.73. The molecule has 1 saturated heterocycles. The highest BCUT2D eigenvalue weighted by Gasteiger charge is 2.71. The maximum atomic E-state index is 13.3. The standard InChI is InChI=1S/C52H50N4O15/c53-40-16-15-33(56-40)43(60)39(25-57)67-32-13-11-28(12-14-32)36-21-35(59)41-37(68-36)22-38(45(44(41)61)71-50(17-4-5-18-50)30-9-6-10-31(58)20-30)69-49-51(65)23-29(19-27-7-2-1-3-8-27)42(34-24-54-26-55-34)52(66,48(51)64)46(70-49)47(62)63/h1-3,6-16,20-23,26,36,39,42-43,46,48-49,53,57-61,64-66H,4-5,17-19,24-25H2,(H,62,63)/p+1/t36?,39-,42-,43+,46+,48-,49+,51+,52+/m0/s1. The number of phenols is 2. The lowest BCUT2D eigenvalue weighted by Crippen LogP contribution is -2.79. The fraction of sp³-hybridized carbons (Fsp3) is 0.327. The summed E-state index contributed by atoms with van der Waals surface area (Å²) in [5.74, 6) is -4.60. The van der Waals surface area contributed by atoms with Crippen LogP contribution in [0.3, 0.4) is 0 Å². The van der Waals surface area contributed by atoms with E-state index in [0.29, 0.717) is 42.4 Å². The lowest BCUT2D eigenvalue weighted by molar-refractivity contribution is -0.338. The number of carboxylic acid groups (broad SMARTS) is 1. The number of aliphatic hydroxyl groups excluding tert-OH is 4.